The van der Waals surface area contributed by atoms with E-state index in [9.17, 15) is 0 Å². The van der Waals surface area contributed by atoms with E-state index in [-0.39, 0.29) is 0 Å². The molecule has 2 rings (SSSR count). The Morgan fingerprint density at radius 3 is 2.44 bits per heavy atom. The first-order valence-corrected chi connectivity index (χ1v) is 7.60. The molecular weight excluding hydrogens is 265 g/mol. The van der Waals surface area contributed by atoms with Gasteiger partial charge in [0.15, 0.2) is 0 Å². The van der Waals surface area contributed by atoms with Crippen molar-refractivity contribution in [2.75, 3.05) is 11.9 Å². The predicted molar refractivity (Wildman–Crippen MR) is 80.8 cm³/mol. The molecule has 3 heteroatoms. The summed E-state index contributed by atoms with van der Waals surface area (Å²) in [5, 5.41) is 0.776. The lowest BCUT2D eigenvalue weighted by Crippen LogP contribution is -2.34. The first-order chi connectivity index (χ1) is 8.61. The molecule has 1 aromatic rings. The molecule has 1 saturated carbocycles. The monoisotopic (exact) mass is 285 g/mol. The standard InChI is InChI=1S/C15H21Cl2N/c1-11-3-6-13(7-4-11)18(2)14-8-5-12(10-16)15(17)9-14/h5,8-9,11,13H,3-4,6-7,10H2,1-2H3. The minimum Gasteiger partial charge on any atom is -0.372 e. The van der Waals surface area contributed by atoms with Crippen molar-refractivity contribution in [3.63, 3.8) is 0 Å². The van der Waals surface area contributed by atoms with Crippen molar-refractivity contribution >= 4 is 28.9 Å². The van der Waals surface area contributed by atoms with Crippen molar-refractivity contribution in [2.24, 2.45) is 5.92 Å². The molecule has 0 N–H and O–H groups in total. The normalized spacial score (nSPS) is 24.0. The molecule has 1 aromatic carbocycles. The van der Waals surface area contributed by atoms with Gasteiger partial charge in [0.2, 0.25) is 0 Å². The Morgan fingerprint density at radius 2 is 1.89 bits per heavy atom. The highest BCUT2D eigenvalue weighted by Gasteiger charge is 2.22. The van der Waals surface area contributed by atoms with Gasteiger partial charge in [0.1, 0.15) is 0 Å². The average Bonchev–Trinajstić information content (AvgIpc) is 2.38. The summed E-state index contributed by atoms with van der Waals surface area (Å²) in [6, 6.07) is 6.85. The van der Waals surface area contributed by atoms with Crippen molar-refractivity contribution in [1.82, 2.24) is 0 Å². The minimum absolute atomic E-state index is 0.476. The summed E-state index contributed by atoms with van der Waals surface area (Å²) in [5.74, 6) is 1.36. The Bertz CT molecular complexity index is 397. The Labute approximate surface area is 120 Å². The molecule has 0 spiro atoms. The van der Waals surface area contributed by atoms with Crippen LogP contribution < -0.4 is 4.90 Å². The lowest BCUT2D eigenvalue weighted by molar-refractivity contribution is 0.341. The maximum absolute atomic E-state index is 6.22. The Hall–Kier alpha value is -0.400. The zero-order chi connectivity index (χ0) is 13.1. The third-order valence-electron chi connectivity index (χ3n) is 4.12. The summed E-state index contributed by atoms with van der Waals surface area (Å²) in [6.07, 6.45) is 5.24. The van der Waals surface area contributed by atoms with E-state index < -0.39 is 0 Å². The number of hydrogen-bond donors (Lipinski definition) is 0. The van der Waals surface area contributed by atoms with Gasteiger partial charge in [0.05, 0.1) is 0 Å². The van der Waals surface area contributed by atoms with Gasteiger partial charge in [-0.1, -0.05) is 24.6 Å². The molecule has 100 valence electrons. The molecular formula is C15H21Cl2N. The molecule has 1 aliphatic carbocycles. The van der Waals surface area contributed by atoms with Crippen LogP contribution in [0, 0.1) is 5.92 Å². The molecule has 0 heterocycles. The van der Waals surface area contributed by atoms with E-state index >= 15 is 0 Å². The largest absolute Gasteiger partial charge is 0.372 e. The van der Waals surface area contributed by atoms with E-state index in [1.807, 2.05) is 12.1 Å². The van der Waals surface area contributed by atoms with E-state index in [0.717, 1.165) is 16.5 Å². The molecule has 0 aromatic heterocycles. The third-order valence-corrected chi connectivity index (χ3v) is 4.76. The number of hydrogen-bond acceptors (Lipinski definition) is 1. The van der Waals surface area contributed by atoms with E-state index in [1.54, 1.807) is 0 Å². The van der Waals surface area contributed by atoms with Crippen LogP contribution in [-0.4, -0.2) is 13.1 Å². The van der Waals surface area contributed by atoms with Crippen LogP contribution in [0.3, 0.4) is 0 Å². The summed E-state index contributed by atoms with van der Waals surface area (Å²) in [7, 11) is 2.17. The van der Waals surface area contributed by atoms with Gasteiger partial charge < -0.3 is 4.90 Å². The van der Waals surface area contributed by atoms with Crippen molar-refractivity contribution in [3.05, 3.63) is 28.8 Å². The topological polar surface area (TPSA) is 3.24 Å². The van der Waals surface area contributed by atoms with Gasteiger partial charge in [-0.3, -0.25) is 0 Å². The van der Waals surface area contributed by atoms with Crippen LogP contribution >= 0.6 is 23.2 Å². The van der Waals surface area contributed by atoms with Gasteiger partial charge >= 0.3 is 0 Å². The summed E-state index contributed by atoms with van der Waals surface area (Å²) >= 11 is 12.1. The Balaban J connectivity index is 2.08. The molecule has 0 amide bonds. The van der Waals surface area contributed by atoms with Crippen molar-refractivity contribution in [1.29, 1.82) is 0 Å². The molecule has 0 atom stereocenters. The van der Waals surface area contributed by atoms with Gasteiger partial charge in [-0.05, 0) is 49.3 Å². The van der Waals surface area contributed by atoms with Gasteiger partial charge in [-0.2, -0.15) is 0 Å². The van der Waals surface area contributed by atoms with Gasteiger partial charge in [-0.15, -0.1) is 11.6 Å². The smallest absolute Gasteiger partial charge is 0.0488 e. The summed E-state index contributed by atoms with van der Waals surface area (Å²) in [4.78, 5) is 2.37. The van der Waals surface area contributed by atoms with Crippen LogP contribution in [0.4, 0.5) is 5.69 Å². The van der Waals surface area contributed by atoms with Gasteiger partial charge in [0.25, 0.3) is 0 Å². The summed E-state index contributed by atoms with van der Waals surface area (Å²) in [5.41, 5.74) is 2.21. The molecule has 0 unspecified atom stereocenters. The van der Waals surface area contributed by atoms with Crippen molar-refractivity contribution < 1.29 is 0 Å². The maximum Gasteiger partial charge on any atom is 0.0488 e. The molecule has 0 aliphatic heterocycles. The molecule has 0 radical (unpaired) electrons. The lowest BCUT2D eigenvalue weighted by Gasteiger charge is -2.35. The second-order valence-corrected chi connectivity index (χ2v) is 6.11. The van der Waals surface area contributed by atoms with Crippen LogP contribution in [0.2, 0.25) is 5.02 Å². The van der Waals surface area contributed by atoms with Crippen LogP contribution in [0.1, 0.15) is 38.2 Å². The fourth-order valence-corrected chi connectivity index (χ4v) is 3.25. The zero-order valence-corrected chi connectivity index (χ0v) is 12.6. The van der Waals surface area contributed by atoms with Crippen LogP contribution in [-0.2, 0) is 5.88 Å². The fraction of sp³-hybridized carbons (Fsp3) is 0.600. The second kappa shape index (κ2) is 6.16. The van der Waals surface area contributed by atoms with Crippen LogP contribution in [0.5, 0.6) is 0 Å². The maximum atomic E-state index is 6.22. The number of alkyl halides is 1. The average molecular weight is 286 g/mol. The first kappa shape index (κ1) is 14.0. The fourth-order valence-electron chi connectivity index (χ4n) is 2.70. The van der Waals surface area contributed by atoms with Crippen molar-refractivity contribution in [3.8, 4) is 0 Å². The highest BCUT2D eigenvalue weighted by Crippen LogP contribution is 2.31. The molecule has 1 nitrogen and oxygen atoms in total. The minimum atomic E-state index is 0.476. The number of benzene rings is 1. The van der Waals surface area contributed by atoms with Gasteiger partial charge in [-0.25, -0.2) is 0 Å². The second-order valence-electron chi connectivity index (χ2n) is 5.43. The van der Waals surface area contributed by atoms with E-state index in [2.05, 4.69) is 24.9 Å². The number of anilines is 1. The number of rotatable bonds is 3. The first-order valence-electron chi connectivity index (χ1n) is 6.69. The third kappa shape index (κ3) is 3.13. The molecule has 0 bridgehead atoms. The number of halogens is 2. The quantitative estimate of drug-likeness (QED) is 0.699. The van der Waals surface area contributed by atoms with Crippen molar-refractivity contribution in [2.45, 2.75) is 44.5 Å². The van der Waals surface area contributed by atoms with Gasteiger partial charge in [0, 0.05) is 29.7 Å². The predicted octanol–water partition coefficient (Wildman–Crippen LogP) is 5.09. The van der Waals surface area contributed by atoms with Crippen LogP contribution in [0.15, 0.2) is 18.2 Å². The highest BCUT2D eigenvalue weighted by atomic mass is 35.5. The zero-order valence-electron chi connectivity index (χ0n) is 11.1. The molecule has 18 heavy (non-hydrogen) atoms. The lowest BCUT2D eigenvalue weighted by atomic mass is 9.86. The number of nitrogens with zero attached hydrogens (tertiary/aromatic N) is 1. The molecule has 0 saturated heterocycles. The molecule has 1 aliphatic rings. The Kier molecular flexibility index (Phi) is 4.80. The van der Waals surface area contributed by atoms with E-state index in [1.165, 1.54) is 31.4 Å². The Morgan fingerprint density at radius 1 is 1.22 bits per heavy atom. The highest BCUT2D eigenvalue weighted by molar-refractivity contribution is 6.32. The molecule has 1 fully saturated rings. The summed E-state index contributed by atoms with van der Waals surface area (Å²) in [6.45, 7) is 2.35. The van der Waals surface area contributed by atoms with E-state index in [0.29, 0.717) is 11.9 Å². The van der Waals surface area contributed by atoms with E-state index in [4.69, 9.17) is 23.2 Å². The van der Waals surface area contributed by atoms with Crippen LogP contribution in [0.25, 0.3) is 0 Å². The SMILES string of the molecule is CC1CCC(N(C)c2ccc(CCl)c(Cl)c2)CC1. The summed E-state index contributed by atoms with van der Waals surface area (Å²) < 4.78 is 0.